The maximum absolute atomic E-state index is 12.5. The Bertz CT molecular complexity index is 490. The molecule has 5 nitrogen and oxygen atoms in total. The number of hydrogen-bond acceptors (Lipinski definition) is 3. The van der Waals surface area contributed by atoms with Gasteiger partial charge in [-0.05, 0) is 25.8 Å². The highest BCUT2D eigenvalue weighted by atomic mass is 19.4. The summed E-state index contributed by atoms with van der Waals surface area (Å²) in [5, 5.41) is 3.59. The minimum absolute atomic E-state index is 0.0000964. The molecule has 8 heteroatoms. The van der Waals surface area contributed by atoms with E-state index in [2.05, 4.69) is 5.10 Å². The first kappa shape index (κ1) is 15.8. The number of alkyl halides is 3. The Kier molecular flexibility index (Phi) is 4.55. The third-order valence-corrected chi connectivity index (χ3v) is 3.59. The summed E-state index contributed by atoms with van der Waals surface area (Å²) in [6.07, 6.45) is -1.57. The molecule has 1 amide bonds. The van der Waals surface area contributed by atoms with E-state index in [1.807, 2.05) is 0 Å². The van der Waals surface area contributed by atoms with Crippen LogP contribution in [0, 0.1) is 0 Å². The fourth-order valence-corrected chi connectivity index (χ4v) is 2.48. The number of likely N-dealkylation sites (tertiary alicyclic amines) is 1. The number of carbonyl (C=O) groups excluding carboxylic acids is 1. The predicted octanol–water partition coefficient (Wildman–Crippen LogP) is 1.80. The summed E-state index contributed by atoms with van der Waals surface area (Å²) in [5.74, 6) is -0.0000964. The Morgan fingerprint density at radius 1 is 1.48 bits per heavy atom. The molecule has 1 atom stereocenters. The molecule has 1 aliphatic rings. The van der Waals surface area contributed by atoms with Gasteiger partial charge in [-0.2, -0.15) is 18.3 Å². The van der Waals surface area contributed by atoms with Crippen LogP contribution in [-0.4, -0.2) is 39.7 Å². The molecule has 118 valence electrons. The third-order valence-electron chi connectivity index (χ3n) is 3.59. The van der Waals surface area contributed by atoms with Crippen LogP contribution in [-0.2, 0) is 11.0 Å². The molecule has 0 spiro atoms. The van der Waals surface area contributed by atoms with E-state index in [0.29, 0.717) is 32.4 Å². The highest BCUT2D eigenvalue weighted by Gasteiger charge is 2.34. The van der Waals surface area contributed by atoms with Crippen molar-refractivity contribution in [2.75, 3.05) is 13.1 Å². The van der Waals surface area contributed by atoms with Crippen LogP contribution < -0.4 is 5.73 Å². The molecule has 0 aromatic carbocycles. The van der Waals surface area contributed by atoms with Crippen LogP contribution in [0.25, 0.3) is 0 Å². The topological polar surface area (TPSA) is 64.2 Å². The molecule has 1 fully saturated rings. The van der Waals surface area contributed by atoms with Crippen LogP contribution in [0.2, 0.25) is 0 Å². The zero-order valence-corrected chi connectivity index (χ0v) is 11.8. The Morgan fingerprint density at radius 3 is 2.57 bits per heavy atom. The maximum Gasteiger partial charge on any atom is 0.435 e. The molecule has 0 saturated carbocycles. The number of piperidine rings is 1. The van der Waals surface area contributed by atoms with Crippen molar-refractivity contribution in [2.24, 2.45) is 5.73 Å². The second-order valence-electron chi connectivity index (χ2n) is 5.47. The van der Waals surface area contributed by atoms with Gasteiger partial charge in [-0.25, -0.2) is 0 Å². The Hall–Kier alpha value is -1.57. The van der Waals surface area contributed by atoms with Crippen LogP contribution in [0.1, 0.15) is 37.9 Å². The van der Waals surface area contributed by atoms with Crippen molar-refractivity contribution in [3.63, 3.8) is 0 Å². The van der Waals surface area contributed by atoms with Crippen molar-refractivity contribution in [1.29, 1.82) is 0 Å². The first-order valence-electron chi connectivity index (χ1n) is 6.93. The van der Waals surface area contributed by atoms with Gasteiger partial charge in [0.25, 0.3) is 0 Å². The SMILES string of the molecule is CC(N)CC(=O)N1CCC(n2ccc(C(F)(F)F)n2)CC1. The lowest BCUT2D eigenvalue weighted by atomic mass is 10.0. The highest BCUT2D eigenvalue weighted by molar-refractivity contribution is 5.76. The van der Waals surface area contributed by atoms with Crippen molar-refractivity contribution in [3.05, 3.63) is 18.0 Å². The van der Waals surface area contributed by atoms with Gasteiger partial charge in [-0.3, -0.25) is 9.48 Å². The Labute approximate surface area is 120 Å². The predicted molar refractivity (Wildman–Crippen MR) is 70.3 cm³/mol. The van der Waals surface area contributed by atoms with E-state index in [9.17, 15) is 18.0 Å². The second kappa shape index (κ2) is 6.05. The number of hydrogen-bond donors (Lipinski definition) is 1. The summed E-state index contributed by atoms with van der Waals surface area (Å²) in [5.41, 5.74) is 4.72. The van der Waals surface area contributed by atoms with Gasteiger partial charge in [0.2, 0.25) is 5.91 Å². The average Bonchev–Trinajstić information content (AvgIpc) is 2.87. The van der Waals surface area contributed by atoms with E-state index >= 15 is 0 Å². The number of rotatable bonds is 3. The van der Waals surface area contributed by atoms with Gasteiger partial charge in [-0.1, -0.05) is 0 Å². The number of carbonyl (C=O) groups is 1. The lowest BCUT2D eigenvalue weighted by Crippen LogP contribution is -2.41. The second-order valence-corrected chi connectivity index (χ2v) is 5.47. The highest BCUT2D eigenvalue weighted by Crippen LogP contribution is 2.29. The smallest absolute Gasteiger partial charge is 0.342 e. The lowest BCUT2D eigenvalue weighted by molar-refractivity contribution is -0.141. The molecule has 1 unspecified atom stereocenters. The fraction of sp³-hybridized carbons (Fsp3) is 0.692. The molecule has 2 rings (SSSR count). The van der Waals surface area contributed by atoms with E-state index in [1.165, 1.54) is 10.9 Å². The quantitative estimate of drug-likeness (QED) is 0.926. The summed E-state index contributed by atoms with van der Waals surface area (Å²) >= 11 is 0. The number of nitrogens with zero attached hydrogens (tertiary/aromatic N) is 3. The largest absolute Gasteiger partial charge is 0.435 e. The first-order valence-corrected chi connectivity index (χ1v) is 6.93. The summed E-state index contributed by atoms with van der Waals surface area (Å²) < 4.78 is 38.9. The third kappa shape index (κ3) is 3.96. The van der Waals surface area contributed by atoms with E-state index in [1.54, 1.807) is 11.8 Å². The van der Waals surface area contributed by atoms with E-state index in [-0.39, 0.29) is 18.0 Å². The van der Waals surface area contributed by atoms with Crippen LogP contribution >= 0.6 is 0 Å². The molecule has 2 heterocycles. The number of aromatic nitrogens is 2. The van der Waals surface area contributed by atoms with Gasteiger partial charge in [0.05, 0.1) is 6.04 Å². The molecule has 0 radical (unpaired) electrons. The first-order chi connectivity index (χ1) is 9.77. The van der Waals surface area contributed by atoms with Crippen LogP contribution in [0.5, 0.6) is 0 Å². The van der Waals surface area contributed by atoms with Gasteiger partial charge in [0, 0.05) is 31.7 Å². The molecule has 21 heavy (non-hydrogen) atoms. The van der Waals surface area contributed by atoms with Crippen LogP contribution in [0.15, 0.2) is 12.3 Å². The fourth-order valence-electron chi connectivity index (χ4n) is 2.48. The number of halogens is 3. The normalized spacial score (nSPS) is 18.8. The summed E-state index contributed by atoms with van der Waals surface area (Å²) in [6, 6.07) is 0.698. The van der Waals surface area contributed by atoms with E-state index in [4.69, 9.17) is 5.73 Å². The average molecular weight is 304 g/mol. The zero-order valence-electron chi connectivity index (χ0n) is 11.8. The molecule has 1 aromatic rings. The monoisotopic (exact) mass is 304 g/mol. The van der Waals surface area contributed by atoms with Crippen molar-refractivity contribution < 1.29 is 18.0 Å². The van der Waals surface area contributed by atoms with Crippen molar-refractivity contribution >= 4 is 5.91 Å². The summed E-state index contributed by atoms with van der Waals surface area (Å²) in [4.78, 5) is 13.6. The van der Waals surface area contributed by atoms with Gasteiger partial charge in [-0.15, -0.1) is 0 Å². The van der Waals surface area contributed by atoms with Crippen LogP contribution in [0.3, 0.4) is 0 Å². The van der Waals surface area contributed by atoms with Crippen molar-refractivity contribution in [1.82, 2.24) is 14.7 Å². The molecular formula is C13H19F3N4O. The molecule has 1 aliphatic heterocycles. The molecule has 0 bridgehead atoms. The van der Waals surface area contributed by atoms with Gasteiger partial charge < -0.3 is 10.6 Å². The Morgan fingerprint density at radius 2 is 2.10 bits per heavy atom. The minimum Gasteiger partial charge on any atom is -0.342 e. The van der Waals surface area contributed by atoms with Gasteiger partial charge in [0.1, 0.15) is 0 Å². The molecule has 2 N–H and O–H groups in total. The summed E-state index contributed by atoms with van der Waals surface area (Å²) in [6.45, 7) is 2.82. The van der Waals surface area contributed by atoms with E-state index in [0.717, 1.165) is 6.07 Å². The lowest BCUT2D eigenvalue weighted by Gasteiger charge is -2.32. The zero-order chi connectivity index (χ0) is 15.6. The molecule has 1 saturated heterocycles. The maximum atomic E-state index is 12.5. The number of amides is 1. The molecule has 1 aromatic heterocycles. The minimum atomic E-state index is -4.42. The van der Waals surface area contributed by atoms with Gasteiger partial charge >= 0.3 is 6.18 Å². The standard InChI is InChI=1S/C13H19F3N4O/c1-9(17)8-12(21)19-5-2-10(3-6-19)20-7-4-11(18-20)13(14,15)16/h4,7,9-10H,2-3,5-6,8,17H2,1H3. The molecular weight excluding hydrogens is 285 g/mol. The van der Waals surface area contributed by atoms with Crippen LogP contribution in [0.4, 0.5) is 13.2 Å². The van der Waals surface area contributed by atoms with E-state index < -0.39 is 11.9 Å². The van der Waals surface area contributed by atoms with Gasteiger partial charge in [0.15, 0.2) is 5.69 Å². The van der Waals surface area contributed by atoms with Crippen molar-refractivity contribution in [2.45, 2.75) is 44.4 Å². The summed E-state index contributed by atoms with van der Waals surface area (Å²) in [7, 11) is 0. The Balaban J connectivity index is 1.92. The molecule has 0 aliphatic carbocycles. The van der Waals surface area contributed by atoms with Crippen molar-refractivity contribution in [3.8, 4) is 0 Å². The number of nitrogens with two attached hydrogens (primary N) is 1.